The van der Waals surface area contributed by atoms with Gasteiger partial charge < -0.3 is 4.79 Å². The van der Waals surface area contributed by atoms with E-state index in [0.717, 1.165) is 12.7 Å². The first-order valence-corrected chi connectivity index (χ1v) is 2.72. The molecule has 0 aromatic carbocycles. The molecular formula is C7H8O. The zero-order valence-electron chi connectivity index (χ0n) is 4.58. The summed E-state index contributed by atoms with van der Waals surface area (Å²) >= 11 is 0. The van der Waals surface area contributed by atoms with Gasteiger partial charge in [0.2, 0.25) is 0 Å². The van der Waals surface area contributed by atoms with Crippen molar-refractivity contribution in [3.05, 3.63) is 24.3 Å². The maximum Gasteiger partial charge on any atom is 0.127 e. The molecule has 0 aromatic heterocycles. The fraction of sp³-hybridized carbons (Fsp3) is 0.286. The number of rotatable bonds is 1. The Hall–Kier alpha value is -0.850. The van der Waals surface area contributed by atoms with Gasteiger partial charge in [0.1, 0.15) is 6.29 Å². The van der Waals surface area contributed by atoms with Crippen LogP contribution in [0.4, 0.5) is 0 Å². The summed E-state index contributed by atoms with van der Waals surface area (Å²) in [5, 5.41) is 0. The van der Waals surface area contributed by atoms with E-state index in [9.17, 15) is 4.79 Å². The van der Waals surface area contributed by atoms with Gasteiger partial charge in [-0.25, -0.2) is 0 Å². The van der Waals surface area contributed by atoms with Crippen molar-refractivity contribution < 1.29 is 4.79 Å². The molecule has 1 nitrogen and oxygen atoms in total. The molecule has 8 heavy (non-hydrogen) atoms. The Labute approximate surface area is 48.7 Å². The van der Waals surface area contributed by atoms with Crippen LogP contribution in [0, 0.1) is 5.92 Å². The molecule has 0 N–H and O–H groups in total. The summed E-state index contributed by atoms with van der Waals surface area (Å²) in [6.07, 6.45) is 9.62. The van der Waals surface area contributed by atoms with Crippen LogP contribution in [-0.4, -0.2) is 6.29 Å². The highest BCUT2D eigenvalue weighted by Crippen LogP contribution is 2.06. The van der Waals surface area contributed by atoms with Crippen LogP contribution in [0.5, 0.6) is 0 Å². The lowest BCUT2D eigenvalue weighted by molar-refractivity contribution is -0.109. The number of hydrogen-bond donors (Lipinski definition) is 0. The SMILES string of the molecule is O=CC1C=CC=CC1. The van der Waals surface area contributed by atoms with Gasteiger partial charge in [0.05, 0.1) is 0 Å². The molecule has 1 aliphatic carbocycles. The molecule has 1 aliphatic rings. The summed E-state index contributed by atoms with van der Waals surface area (Å²) in [5.74, 6) is 0.139. The molecule has 0 bridgehead atoms. The standard InChI is InChI=1S/C7H8O/c8-6-7-4-2-1-3-5-7/h1-4,6-7H,5H2. The van der Waals surface area contributed by atoms with Crippen molar-refractivity contribution in [2.75, 3.05) is 0 Å². The highest BCUT2D eigenvalue weighted by atomic mass is 16.1. The van der Waals surface area contributed by atoms with E-state index in [0.29, 0.717) is 0 Å². The molecule has 0 saturated heterocycles. The van der Waals surface area contributed by atoms with E-state index in [1.54, 1.807) is 0 Å². The number of hydrogen-bond acceptors (Lipinski definition) is 1. The Morgan fingerprint density at radius 1 is 1.50 bits per heavy atom. The fourth-order valence-electron chi connectivity index (χ4n) is 0.701. The van der Waals surface area contributed by atoms with E-state index >= 15 is 0 Å². The quantitative estimate of drug-likeness (QED) is 0.463. The van der Waals surface area contributed by atoms with Crippen molar-refractivity contribution in [3.8, 4) is 0 Å². The first-order valence-electron chi connectivity index (χ1n) is 2.72. The van der Waals surface area contributed by atoms with E-state index in [-0.39, 0.29) is 5.92 Å². The highest BCUT2D eigenvalue weighted by Gasteiger charge is 1.99. The number of carbonyl (C=O) groups excluding carboxylic acids is 1. The highest BCUT2D eigenvalue weighted by molar-refractivity contribution is 5.57. The summed E-state index contributed by atoms with van der Waals surface area (Å²) in [6, 6.07) is 0. The summed E-state index contributed by atoms with van der Waals surface area (Å²) < 4.78 is 0. The van der Waals surface area contributed by atoms with Crippen LogP contribution < -0.4 is 0 Å². The number of allylic oxidation sites excluding steroid dienone is 4. The Bertz CT molecular complexity index is 133. The van der Waals surface area contributed by atoms with Crippen molar-refractivity contribution in [2.24, 2.45) is 5.92 Å². The molecule has 0 spiro atoms. The molecule has 1 atom stereocenters. The monoisotopic (exact) mass is 108 g/mol. The molecule has 1 unspecified atom stereocenters. The van der Waals surface area contributed by atoms with E-state index < -0.39 is 0 Å². The third-order valence-electron chi connectivity index (χ3n) is 1.19. The van der Waals surface area contributed by atoms with Crippen molar-refractivity contribution >= 4 is 6.29 Å². The summed E-state index contributed by atoms with van der Waals surface area (Å²) in [5.41, 5.74) is 0. The van der Waals surface area contributed by atoms with Gasteiger partial charge in [0.15, 0.2) is 0 Å². The first kappa shape index (κ1) is 5.29. The topological polar surface area (TPSA) is 17.1 Å². The Morgan fingerprint density at radius 3 is 2.75 bits per heavy atom. The minimum atomic E-state index is 0.139. The maximum absolute atomic E-state index is 10.1. The van der Waals surface area contributed by atoms with Crippen molar-refractivity contribution in [1.29, 1.82) is 0 Å². The second-order valence-electron chi connectivity index (χ2n) is 1.85. The third-order valence-corrected chi connectivity index (χ3v) is 1.19. The molecular weight excluding hydrogens is 100 g/mol. The van der Waals surface area contributed by atoms with Gasteiger partial charge in [-0.2, -0.15) is 0 Å². The minimum absolute atomic E-state index is 0.139. The second-order valence-corrected chi connectivity index (χ2v) is 1.85. The van der Waals surface area contributed by atoms with Crippen molar-refractivity contribution in [1.82, 2.24) is 0 Å². The maximum atomic E-state index is 10.1. The Kier molecular flexibility index (Phi) is 1.62. The van der Waals surface area contributed by atoms with Crippen LogP contribution in [0.25, 0.3) is 0 Å². The summed E-state index contributed by atoms with van der Waals surface area (Å²) in [4.78, 5) is 10.1. The zero-order chi connectivity index (χ0) is 5.82. The molecule has 0 radical (unpaired) electrons. The van der Waals surface area contributed by atoms with Crippen LogP contribution in [0.3, 0.4) is 0 Å². The smallest absolute Gasteiger partial charge is 0.127 e. The lowest BCUT2D eigenvalue weighted by Crippen LogP contribution is -1.96. The van der Waals surface area contributed by atoms with Crippen LogP contribution >= 0.6 is 0 Å². The number of carbonyl (C=O) groups is 1. The fourth-order valence-corrected chi connectivity index (χ4v) is 0.701. The minimum Gasteiger partial charge on any atom is -0.303 e. The van der Waals surface area contributed by atoms with Gasteiger partial charge in [-0.15, -0.1) is 0 Å². The van der Waals surface area contributed by atoms with Crippen LogP contribution in [-0.2, 0) is 4.79 Å². The molecule has 1 rings (SSSR count). The largest absolute Gasteiger partial charge is 0.303 e. The number of aldehydes is 1. The van der Waals surface area contributed by atoms with E-state index in [1.807, 2.05) is 24.3 Å². The lowest BCUT2D eigenvalue weighted by atomic mass is 10.0. The lowest BCUT2D eigenvalue weighted by Gasteiger charge is -2.01. The van der Waals surface area contributed by atoms with Crippen molar-refractivity contribution in [3.63, 3.8) is 0 Å². The van der Waals surface area contributed by atoms with Gasteiger partial charge in [0, 0.05) is 5.92 Å². The van der Waals surface area contributed by atoms with Crippen LogP contribution in [0.15, 0.2) is 24.3 Å². The second kappa shape index (κ2) is 2.46. The molecule has 0 amide bonds. The molecule has 0 saturated carbocycles. The molecule has 0 aliphatic heterocycles. The van der Waals surface area contributed by atoms with E-state index in [4.69, 9.17) is 0 Å². The molecule has 42 valence electrons. The molecule has 0 fully saturated rings. The molecule has 0 aromatic rings. The van der Waals surface area contributed by atoms with E-state index in [1.165, 1.54) is 0 Å². The van der Waals surface area contributed by atoms with Gasteiger partial charge in [-0.05, 0) is 6.42 Å². The van der Waals surface area contributed by atoms with Gasteiger partial charge in [-0.1, -0.05) is 24.3 Å². The van der Waals surface area contributed by atoms with Crippen LogP contribution in [0.1, 0.15) is 6.42 Å². The zero-order valence-corrected chi connectivity index (χ0v) is 4.58. The molecule has 1 heteroatoms. The average Bonchev–Trinajstić information content (AvgIpc) is 1.90. The first-order chi connectivity index (χ1) is 3.93. The predicted molar refractivity (Wildman–Crippen MR) is 32.5 cm³/mol. The third kappa shape index (κ3) is 1.06. The van der Waals surface area contributed by atoms with Gasteiger partial charge in [0.25, 0.3) is 0 Å². The summed E-state index contributed by atoms with van der Waals surface area (Å²) in [6.45, 7) is 0. The van der Waals surface area contributed by atoms with Gasteiger partial charge in [-0.3, -0.25) is 0 Å². The summed E-state index contributed by atoms with van der Waals surface area (Å²) in [7, 11) is 0. The predicted octanol–water partition coefficient (Wildman–Crippen LogP) is 1.32. The van der Waals surface area contributed by atoms with Crippen molar-refractivity contribution in [2.45, 2.75) is 6.42 Å². The normalized spacial score (nSPS) is 25.8. The Balaban J connectivity index is 2.51. The molecule has 0 heterocycles. The Morgan fingerprint density at radius 2 is 2.38 bits per heavy atom. The average molecular weight is 108 g/mol. The van der Waals surface area contributed by atoms with Gasteiger partial charge >= 0.3 is 0 Å². The van der Waals surface area contributed by atoms with Crippen LogP contribution in [0.2, 0.25) is 0 Å². The van der Waals surface area contributed by atoms with E-state index in [2.05, 4.69) is 0 Å².